The SMILES string of the molecule is Cl.NC[C@H]1CC[C@@H](C(=O)Nc2ccc(COCc3ccccc3)cc2)O1. The summed E-state index contributed by atoms with van der Waals surface area (Å²) in [6, 6.07) is 17.8. The van der Waals surface area contributed by atoms with E-state index in [4.69, 9.17) is 15.2 Å². The van der Waals surface area contributed by atoms with Gasteiger partial charge in [-0.25, -0.2) is 0 Å². The fourth-order valence-corrected chi connectivity index (χ4v) is 2.84. The Morgan fingerprint density at radius 3 is 2.31 bits per heavy atom. The van der Waals surface area contributed by atoms with Gasteiger partial charge in [0.25, 0.3) is 5.91 Å². The van der Waals surface area contributed by atoms with Gasteiger partial charge in [0.1, 0.15) is 6.10 Å². The molecule has 1 aliphatic heterocycles. The zero-order chi connectivity index (χ0) is 17.5. The fourth-order valence-electron chi connectivity index (χ4n) is 2.84. The van der Waals surface area contributed by atoms with Crippen LogP contribution in [-0.2, 0) is 27.5 Å². The summed E-state index contributed by atoms with van der Waals surface area (Å²) in [6.45, 7) is 1.58. The predicted octanol–water partition coefficient (Wildman–Crippen LogP) is 3.27. The Bertz CT molecular complexity index is 679. The quantitative estimate of drug-likeness (QED) is 0.777. The fraction of sp³-hybridized carbons (Fsp3) is 0.350. The first-order chi connectivity index (χ1) is 12.2. The molecule has 0 radical (unpaired) electrons. The van der Waals surface area contributed by atoms with Gasteiger partial charge in [0.15, 0.2) is 0 Å². The first-order valence-corrected chi connectivity index (χ1v) is 8.61. The van der Waals surface area contributed by atoms with Gasteiger partial charge >= 0.3 is 0 Å². The van der Waals surface area contributed by atoms with Crippen LogP contribution in [0.4, 0.5) is 5.69 Å². The van der Waals surface area contributed by atoms with Crippen LogP contribution in [0.25, 0.3) is 0 Å². The summed E-state index contributed by atoms with van der Waals surface area (Å²) in [7, 11) is 0. The normalized spacial score (nSPS) is 19.0. The average molecular weight is 377 g/mol. The molecule has 1 amide bonds. The standard InChI is InChI=1S/C20H24N2O3.ClH/c21-12-18-10-11-19(25-18)20(23)22-17-8-6-16(7-9-17)14-24-13-15-4-2-1-3-5-15;/h1-9,18-19H,10-14,21H2,(H,22,23);1H/t18-,19+;/m1./s1. The third-order valence-corrected chi connectivity index (χ3v) is 4.26. The van der Waals surface area contributed by atoms with E-state index in [1.54, 1.807) is 0 Å². The summed E-state index contributed by atoms with van der Waals surface area (Å²) in [4.78, 5) is 12.2. The van der Waals surface area contributed by atoms with E-state index in [1.165, 1.54) is 0 Å². The van der Waals surface area contributed by atoms with Gasteiger partial charge in [0.2, 0.25) is 0 Å². The van der Waals surface area contributed by atoms with E-state index in [9.17, 15) is 4.79 Å². The van der Waals surface area contributed by atoms with E-state index < -0.39 is 6.10 Å². The minimum absolute atomic E-state index is 0. The Balaban J connectivity index is 0.00000243. The molecule has 0 aliphatic carbocycles. The van der Waals surface area contributed by atoms with Gasteiger partial charge in [-0.15, -0.1) is 12.4 Å². The predicted molar refractivity (Wildman–Crippen MR) is 104 cm³/mol. The number of ether oxygens (including phenoxy) is 2. The molecular weight excluding hydrogens is 352 g/mol. The van der Waals surface area contributed by atoms with E-state index >= 15 is 0 Å². The van der Waals surface area contributed by atoms with Gasteiger partial charge in [0.05, 0.1) is 19.3 Å². The van der Waals surface area contributed by atoms with E-state index in [0.29, 0.717) is 19.8 Å². The van der Waals surface area contributed by atoms with Crippen molar-refractivity contribution in [3.8, 4) is 0 Å². The highest BCUT2D eigenvalue weighted by Crippen LogP contribution is 2.20. The zero-order valence-corrected chi connectivity index (χ0v) is 15.4. The monoisotopic (exact) mass is 376 g/mol. The number of anilines is 1. The van der Waals surface area contributed by atoms with E-state index in [2.05, 4.69) is 5.32 Å². The van der Waals surface area contributed by atoms with Crippen molar-refractivity contribution in [3.05, 3.63) is 65.7 Å². The maximum absolute atomic E-state index is 12.2. The molecule has 3 rings (SSSR count). The van der Waals surface area contributed by atoms with Crippen molar-refractivity contribution in [1.29, 1.82) is 0 Å². The molecule has 0 aromatic heterocycles. The largest absolute Gasteiger partial charge is 0.372 e. The number of hydrogen-bond acceptors (Lipinski definition) is 4. The number of amides is 1. The van der Waals surface area contributed by atoms with Crippen LogP contribution >= 0.6 is 12.4 Å². The number of hydrogen-bond donors (Lipinski definition) is 2. The summed E-state index contributed by atoms with van der Waals surface area (Å²) in [5.74, 6) is -0.107. The molecule has 6 heteroatoms. The van der Waals surface area contributed by atoms with Crippen LogP contribution in [0.5, 0.6) is 0 Å². The van der Waals surface area contributed by atoms with Crippen molar-refractivity contribution in [3.63, 3.8) is 0 Å². The Morgan fingerprint density at radius 1 is 1.04 bits per heavy atom. The number of carbonyl (C=O) groups excluding carboxylic acids is 1. The molecule has 2 atom stereocenters. The van der Waals surface area contributed by atoms with Crippen LogP contribution < -0.4 is 11.1 Å². The maximum atomic E-state index is 12.2. The Kier molecular flexibility index (Phi) is 8.06. The Hall–Kier alpha value is -1.92. The third-order valence-electron chi connectivity index (χ3n) is 4.26. The van der Waals surface area contributed by atoms with Gasteiger partial charge in [-0.1, -0.05) is 42.5 Å². The lowest BCUT2D eigenvalue weighted by molar-refractivity contribution is -0.126. The lowest BCUT2D eigenvalue weighted by Crippen LogP contribution is -2.29. The molecule has 0 spiro atoms. The lowest BCUT2D eigenvalue weighted by Gasteiger charge is -2.13. The van der Waals surface area contributed by atoms with Crippen LogP contribution in [0.3, 0.4) is 0 Å². The molecule has 26 heavy (non-hydrogen) atoms. The van der Waals surface area contributed by atoms with Gasteiger partial charge in [-0.05, 0) is 36.1 Å². The Labute approximate surface area is 160 Å². The van der Waals surface area contributed by atoms with Crippen molar-refractivity contribution in [2.24, 2.45) is 5.73 Å². The van der Waals surface area contributed by atoms with Gasteiger partial charge < -0.3 is 20.5 Å². The smallest absolute Gasteiger partial charge is 0.253 e. The van der Waals surface area contributed by atoms with Gasteiger partial charge in [0, 0.05) is 12.2 Å². The Morgan fingerprint density at radius 2 is 1.69 bits per heavy atom. The number of benzene rings is 2. The van der Waals surface area contributed by atoms with Crippen molar-refractivity contribution in [2.75, 3.05) is 11.9 Å². The van der Waals surface area contributed by atoms with Crippen molar-refractivity contribution in [2.45, 2.75) is 38.3 Å². The summed E-state index contributed by atoms with van der Waals surface area (Å²) in [5.41, 5.74) is 8.55. The number of halogens is 1. The van der Waals surface area contributed by atoms with Crippen LogP contribution in [0, 0.1) is 0 Å². The highest BCUT2D eigenvalue weighted by molar-refractivity contribution is 5.94. The second-order valence-electron chi connectivity index (χ2n) is 6.22. The topological polar surface area (TPSA) is 73.6 Å². The molecule has 1 fully saturated rings. The molecular formula is C20H25ClN2O3. The minimum atomic E-state index is -0.401. The first kappa shape index (κ1) is 20.4. The highest BCUT2D eigenvalue weighted by Gasteiger charge is 2.29. The third kappa shape index (κ3) is 5.81. The summed E-state index contributed by atoms with van der Waals surface area (Å²) in [6.07, 6.45) is 1.16. The highest BCUT2D eigenvalue weighted by atomic mass is 35.5. The van der Waals surface area contributed by atoms with Crippen LogP contribution in [0.15, 0.2) is 54.6 Å². The van der Waals surface area contributed by atoms with Crippen LogP contribution in [-0.4, -0.2) is 24.7 Å². The molecule has 1 aliphatic rings. The first-order valence-electron chi connectivity index (χ1n) is 8.61. The van der Waals surface area contributed by atoms with E-state index in [1.807, 2.05) is 54.6 Å². The second kappa shape index (κ2) is 10.3. The van der Waals surface area contributed by atoms with Gasteiger partial charge in [-0.2, -0.15) is 0 Å². The molecule has 5 nitrogen and oxygen atoms in total. The molecule has 0 saturated carbocycles. The molecule has 0 bridgehead atoms. The summed E-state index contributed by atoms with van der Waals surface area (Å²) in [5, 5.41) is 2.89. The van der Waals surface area contributed by atoms with E-state index in [0.717, 1.165) is 29.7 Å². The van der Waals surface area contributed by atoms with Crippen molar-refractivity contribution >= 4 is 24.0 Å². The number of rotatable bonds is 7. The molecule has 0 unspecified atom stereocenters. The average Bonchev–Trinajstić information content (AvgIpc) is 3.13. The molecule has 1 heterocycles. The molecule has 3 N–H and O–H groups in total. The number of carbonyl (C=O) groups is 1. The molecule has 2 aromatic rings. The van der Waals surface area contributed by atoms with Crippen molar-refractivity contribution in [1.82, 2.24) is 0 Å². The van der Waals surface area contributed by atoms with Crippen molar-refractivity contribution < 1.29 is 14.3 Å². The number of nitrogens with one attached hydrogen (secondary N) is 1. The maximum Gasteiger partial charge on any atom is 0.253 e. The van der Waals surface area contributed by atoms with Crippen LogP contribution in [0.2, 0.25) is 0 Å². The molecule has 140 valence electrons. The second-order valence-corrected chi connectivity index (χ2v) is 6.22. The molecule has 1 saturated heterocycles. The molecule has 2 aromatic carbocycles. The van der Waals surface area contributed by atoms with Gasteiger partial charge in [-0.3, -0.25) is 4.79 Å². The lowest BCUT2D eigenvalue weighted by atomic mass is 10.1. The summed E-state index contributed by atoms with van der Waals surface area (Å²) < 4.78 is 11.3. The van der Waals surface area contributed by atoms with E-state index in [-0.39, 0.29) is 24.4 Å². The zero-order valence-electron chi connectivity index (χ0n) is 14.6. The van der Waals surface area contributed by atoms with Crippen LogP contribution in [0.1, 0.15) is 24.0 Å². The summed E-state index contributed by atoms with van der Waals surface area (Å²) >= 11 is 0. The number of nitrogens with two attached hydrogens (primary N) is 1. The minimum Gasteiger partial charge on any atom is -0.372 e.